The molecule has 2 N–H and O–H groups in total. The van der Waals surface area contributed by atoms with Gasteiger partial charge in [0, 0.05) is 17.7 Å². The van der Waals surface area contributed by atoms with Crippen molar-refractivity contribution in [1.29, 1.82) is 0 Å². The van der Waals surface area contributed by atoms with E-state index in [1.807, 2.05) is 12.1 Å². The second kappa shape index (κ2) is 9.51. The van der Waals surface area contributed by atoms with E-state index in [1.54, 1.807) is 0 Å². The molecule has 0 saturated carbocycles. The third-order valence-electron chi connectivity index (χ3n) is 3.31. The molecule has 0 aromatic heterocycles. The van der Waals surface area contributed by atoms with E-state index in [0.717, 1.165) is 31.6 Å². The van der Waals surface area contributed by atoms with E-state index in [4.69, 9.17) is 5.73 Å². The Morgan fingerprint density at radius 3 is 2.57 bits per heavy atom. The van der Waals surface area contributed by atoms with Gasteiger partial charge in [0.2, 0.25) is 0 Å². The van der Waals surface area contributed by atoms with Gasteiger partial charge in [-0.3, -0.25) is 4.90 Å². The van der Waals surface area contributed by atoms with Gasteiger partial charge in [0.05, 0.1) is 6.54 Å². The molecule has 0 fully saturated rings. The van der Waals surface area contributed by atoms with Crippen molar-refractivity contribution in [3.8, 4) is 11.8 Å². The Balaban J connectivity index is 2.63. The minimum absolute atomic E-state index is 0.190. The maximum absolute atomic E-state index is 14.1. The van der Waals surface area contributed by atoms with Crippen LogP contribution in [0.1, 0.15) is 24.5 Å². The first-order valence-corrected chi connectivity index (χ1v) is 7.41. The third-order valence-corrected chi connectivity index (χ3v) is 3.31. The van der Waals surface area contributed by atoms with Crippen molar-refractivity contribution in [2.45, 2.75) is 19.9 Å². The number of hydrogen-bond donors (Lipinski definition) is 1. The van der Waals surface area contributed by atoms with Crippen molar-refractivity contribution in [1.82, 2.24) is 9.80 Å². The molecule has 0 radical (unpaired) electrons. The molecule has 116 valence electrons. The van der Waals surface area contributed by atoms with Gasteiger partial charge in [0.15, 0.2) is 0 Å². The van der Waals surface area contributed by atoms with Crippen molar-refractivity contribution >= 4 is 0 Å². The zero-order valence-corrected chi connectivity index (χ0v) is 13.3. The Kier molecular flexibility index (Phi) is 7.99. The van der Waals surface area contributed by atoms with Crippen LogP contribution in [0.4, 0.5) is 4.39 Å². The molecule has 3 nitrogen and oxygen atoms in total. The lowest BCUT2D eigenvalue weighted by Gasteiger charge is -2.21. The molecular formula is C17H26FN3. The van der Waals surface area contributed by atoms with E-state index in [9.17, 15) is 4.39 Å². The fourth-order valence-electron chi connectivity index (χ4n) is 2.11. The monoisotopic (exact) mass is 291 g/mol. The Labute approximate surface area is 127 Å². The largest absolute Gasteiger partial charge is 0.320 e. The summed E-state index contributed by atoms with van der Waals surface area (Å²) in [4.78, 5) is 4.42. The molecule has 0 unspecified atom stereocenters. The highest BCUT2D eigenvalue weighted by atomic mass is 19.1. The summed E-state index contributed by atoms with van der Waals surface area (Å²) in [5, 5.41) is 0. The molecule has 4 heteroatoms. The van der Waals surface area contributed by atoms with Gasteiger partial charge in [-0.2, -0.15) is 0 Å². The Morgan fingerprint density at radius 1 is 1.24 bits per heavy atom. The predicted molar refractivity (Wildman–Crippen MR) is 86.5 cm³/mol. The van der Waals surface area contributed by atoms with Crippen LogP contribution in [-0.2, 0) is 6.54 Å². The third kappa shape index (κ3) is 6.72. The van der Waals surface area contributed by atoms with Crippen LogP contribution < -0.4 is 5.73 Å². The standard InChI is InChI=1S/C17H26FN3/c1-4-21(12-6-11-20(2)3)14-16-9-8-15(7-5-10-19)13-17(16)18/h8-9,13H,4,6,10-12,14,19H2,1-3H3. The van der Waals surface area contributed by atoms with Gasteiger partial charge in [-0.25, -0.2) is 4.39 Å². The maximum Gasteiger partial charge on any atom is 0.128 e. The van der Waals surface area contributed by atoms with E-state index < -0.39 is 0 Å². The van der Waals surface area contributed by atoms with Crippen LogP contribution in [0.25, 0.3) is 0 Å². The van der Waals surface area contributed by atoms with Crippen molar-refractivity contribution in [3.63, 3.8) is 0 Å². The van der Waals surface area contributed by atoms with Crippen molar-refractivity contribution in [2.75, 3.05) is 40.3 Å². The van der Waals surface area contributed by atoms with Crippen LogP contribution in [0.2, 0.25) is 0 Å². The molecule has 0 spiro atoms. The van der Waals surface area contributed by atoms with Crippen LogP contribution >= 0.6 is 0 Å². The normalized spacial score (nSPS) is 10.8. The smallest absolute Gasteiger partial charge is 0.128 e. The molecule has 1 aromatic rings. The van der Waals surface area contributed by atoms with Gasteiger partial charge in [0.25, 0.3) is 0 Å². The lowest BCUT2D eigenvalue weighted by Crippen LogP contribution is -2.27. The highest BCUT2D eigenvalue weighted by Crippen LogP contribution is 2.13. The molecule has 0 aliphatic heterocycles. The maximum atomic E-state index is 14.1. The molecule has 0 heterocycles. The van der Waals surface area contributed by atoms with Crippen molar-refractivity contribution in [2.24, 2.45) is 5.73 Å². The summed E-state index contributed by atoms with van der Waals surface area (Å²) < 4.78 is 14.1. The number of benzene rings is 1. The van der Waals surface area contributed by atoms with E-state index >= 15 is 0 Å². The minimum atomic E-state index is -0.190. The van der Waals surface area contributed by atoms with Gasteiger partial charge in [-0.15, -0.1) is 0 Å². The van der Waals surface area contributed by atoms with E-state index in [1.165, 1.54) is 6.07 Å². The molecule has 0 atom stereocenters. The van der Waals surface area contributed by atoms with E-state index in [0.29, 0.717) is 18.7 Å². The van der Waals surface area contributed by atoms with Gasteiger partial charge in [-0.1, -0.05) is 24.8 Å². The van der Waals surface area contributed by atoms with Crippen molar-refractivity contribution in [3.05, 3.63) is 35.1 Å². The van der Waals surface area contributed by atoms with Crippen LogP contribution in [0.3, 0.4) is 0 Å². The first kappa shape index (κ1) is 17.6. The second-order valence-corrected chi connectivity index (χ2v) is 5.34. The molecule has 0 aliphatic carbocycles. The molecule has 0 amide bonds. The number of halogens is 1. The number of hydrogen-bond acceptors (Lipinski definition) is 3. The average molecular weight is 291 g/mol. The zero-order chi connectivity index (χ0) is 15.7. The number of nitrogens with two attached hydrogens (primary N) is 1. The second-order valence-electron chi connectivity index (χ2n) is 5.34. The molecule has 0 saturated heterocycles. The number of rotatable bonds is 7. The van der Waals surface area contributed by atoms with E-state index in [-0.39, 0.29) is 5.82 Å². The Bertz CT molecular complexity index is 489. The van der Waals surface area contributed by atoms with Crippen LogP contribution in [0.15, 0.2) is 18.2 Å². The first-order chi connectivity index (χ1) is 10.1. The summed E-state index contributed by atoms with van der Waals surface area (Å²) in [7, 11) is 4.13. The first-order valence-electron chi connectivity index (χ1n) is 7.41. The summed E-state index contributed by atoms with van der Waals surface area (Å²) in [6.45, 7) is 5.98. The summed E-state index contributed by atoms with van der Waals surface area (Å²) in [5.41, 5.74) is 6.72. The fourth-order valence-corrected chi connectivity index (χ4v) is 2.11. The van der Waals surface area contributed by atoms with Gasteiger partial charge >= 0.3 is 0 Å². The molecule has 1 rings (SSSR count). The quantitative estimate of drug-likeness (QED) is 0.779. The summed E-state index contributed by atoms with van der Waals surface area (Å²) in [6, 6.07) is 5.17. The highest BCUT2D eigenvalue weighted by molar-refractivity contribution is 5.37. The summed E-state index contributed by atoms with van der Waals surface area (Å²) >= 11 is 0. The number of nitrogens with zero attached hydrogens (tertiary/aromatic N) is 2. The van der Waals surface area contributed by atoms with Gasteiger partial charge < -0.3 is 10.6 Å². The van der Waals surface area contributed by atoms with Crippen molar-refractivity contribution < 1.29 is 4.39 Å². The SMILES string of the molecule is CCN(CCCN(C)C)Cc1ccc(C#CCN)cc1F. The Hall–Kier alpha value is -1.41. The highest BCUT2D eigenvalue weighted by Gasteiger charge is 2.08. The topological polar surface area (TPSA) is 32.5 Å². The molecular weight excluding hydrogens is 265 g/mol. The summed E-state index contributed by atoms with van der Waals surface area (Å²) in [6.07, 6.45) is 1.09. The zero-order valence-electron chi connectivity index (χ0n) is 13.3. The lowest BCUT2D eigenvalue weighted by molar-refractivity contribution is 0.256. The van der Waals surface area contributed by atoms with E-state index in [2.05, 4.69) is 42.7 Å². The van der Waals surface area contributed by atoms with Gasteiger partial charge in [-0.05, 0) is 52.3 Å². The molecule has 21 heavy (non-hydrogen) atoms. The van der Waals surface area contributed by atoms with Crippen LogP contribution in [0.5, 0.6) is 0 Å². The molecule has 1 aromatic carbocycles. The predicted octanol–water partition coefficient (Wildman–Crippen LogP) is 1.91. The van der Waals surface area contributed by atoms with Crippen LogP contribution in [0, 0.1) is 17.7 Å². The van der Waals surface area contributed by atoms with Gasteiger partial charge in [0.1, 0.15) is 5.82 Å². The lowest BCUT2D eigenvalue weighted by atomic mass is 10.1. The average Bonchev–Trinajstić information content (AvgIpc) is 2.45. The summed E-state index contributed by atoms with van der Waals surface area (Å²) in [5.74, 6) is 5.40. The molecule has 0 aliphatic rings. The molecule has 0 bridgehead atoms. The Morgan fingerprint density at radius 2 is 2.00 bits per heavy atom. The minimum Gasteiger partial charge on any atom is -0.320 e. The fraction of sp³-hybridized carbons (Fsp3) is 0.529. The van der Waals surface area contributed by atoms with Crippen LogP contribution in [-0.4, -0.2) is 50.1 Å².